The second-order valence-corrected chi connectivity index (χ2v) is 17.5. The monoisotopic (exact) mass is 1180 g/mol. The van der Waals surface area contributed by atoms with Gasteiger partial charge in [0.2, 0.25) is 0 Å². The van der Waals surface area contributed by atoms with Gasteiger partial charge in [0.15, 0.2) is 0 Å². The minimum atomic E-state index is 0.602. The molecule has 0 N–H and O–H groups in total. The van der Waals surface area contributed by atoms with Gasteiger partial charge >= 0.3 is 0 Å². The van der Waals surface area contributed by atoms with Crippen molar-refractivity contribution in [1.82, 2.24) is 0 Å². The smallest absolute Gasteiger partial charge is 0.297 e. The number of rotatable bonds is 0. The normalized spacial score (nSPS) is 9.71. The highest BCUT2D eigenvalue weighted by atomic mass is 16.5. The molecule has 0 aliphatic heterocycles. The zero-order valence-corrected chi connectivity index (χ0v) is 56.7. The first kappa shape index (κ1) is 74.8. The lowest BCUT2D eigenvalue weighted by atomic mass is 10.1. The molecule has 0 aliphatic carbocycles. The van der Waals surface area contributed by atoms with E-state index in [1.807, 2.05) is 249 Å². The third kappa shape index (κ3) is 19.9. The van der Waals surface area contributed by atoms with Gasteiger partial charge in [-0.25, -0.2) is 0 Å². The van der Waals surface area contributed by atoms with E-state index < -0.39 is 0 Å². The van der Waals surface area contributed by atoms with Crippen LogP contribution in [-0.4, -0.2) is 0 Å². The molecule has 85 heavy (non-hydrogen) atoms. The maximum atomic E-state index is 5.35. The van der Waals surface area contributed by atoms with Crippen LogP contribution in [0.5, 0.6) is 0 Å². The van der Waals surface area contributed by atoms with Crippen LogP contribution in [0.2, 0.25) is 0 Å². The van der Waals surface area contributed by atoms with E-state index in [4.69, 9.17) is 61.8 Å². The van der Waals surface area contributed by atoms with Crippen LogP contribution < -0.4 is 0 Å². The Bertz CT molecular complexity index is 3770. The predicted octanol–water partition coefficient (Wildman–Crippen LogP) is 26.0. The Morgan fingerprint density at radius 1 is 0.235 bits per heavy atom. The van der Waals surface area contributed by atoms with Crippen LogP contribution in [0.1, 0.15) is 182 Å². The number of furan rings is 14. The number of hydrogen-bond donors (Lipinski definition) is 0. The highest BCUT2D eigenvalue weighted by molar-refractivity contribution is 5.82. The van der Waals surface area contributed by atoms with Crippen LogP contribution in [0, 0.1) is 104 Å². The van der Waals surface area contributed by atoms with Gasteiger partial charge < -0.3 is 61.8 Å². The van der Waals surface area contributed by atoms with Crippen molar-refractivity contribution in [3.05, 3.63) is 165 Å². The van der Waals surface area contributed by atoms with E-state index in [2.05, 4.69) is 0 Å². The molecule has 0 aromatic carbocycles. The second kappa shape index (κ2) is 37.8. The maximum Gasteiger partial charge on any atom is 0.297 e. The SMILES string of the molecule is CC.CC.CC.CC.CC.CC.CC.Cc1cc2c(C)c(C)oc2o1.Cc1cc2c(C)c(C)oc2o1.Cc1cc2c(C)coc2o1.Cc1cc2cc(C)oc2o1.Cc1oc2occ(C)c2c1C.Cc1oc2occc2c1C.c1cc2ccoc2o1. The Morgan fingerprint density at radius 2 is 0.553 bits per heavy atom. The minimum Gasteiger partial charge on any atom is -0.434 e. The second-order valence-electron chi connectivity index (χ2n) is 17.5. The van der Waals surface area contributed by atoms with Crippen molar-refractivity contribution < 1.29 is 61.8 Å². The molecule has 0 amide bonds. The summed E-state index contributed by atoms with van der Waals surface area (Å²) in [5.41, 5.74) is 6.99. The molecule has 14 aromatic rings. The molecule has 0 radical (unpaired) electrons. The van der Waals surface area contributed by atoms with Gasteiger partial charge in [-0.2, -0.15) is 0 Å². The third-order valence-electron chi connectivity index (χ3n) is 12.0. The Kier molecular flexibility index (Phi) is 33.3. The Morgan fingerprint density at radius 3 is 0.953 bits per heavy atom. The van der Waals surface area contributed by atoms with Crippen molar-refractivity contribution in [2.45, 2.75) is 201 Å². The summed E-state index contributed by atoms with van der Waals surface area (Å²) < 4.78 is 72.7. The van der Waals surface area contributed by atoms with E-state index in [0.29, 0.717) is 40.5 Å². The van der Waals surface area contributed by atoms with Gasteiger partial charge in [0, 0.05) is 22.3 Å². The van der Waals surface area contributed by atoms with E-state index >= 15 is 0 Å². The summed E-state index contributed by atoms with van der Waals surface area (Å²) in [4.78, 5) is 0. The first-order valence-corrected chi connectivity index (χ1v) is 30.0. The molecule has 0 atom stereocenters. The molecule has 14 aromatic heterocycles. The molecule has 14 heteroatoms. The van der Waals surface area contributed by atoms with Gasteiger partial charge in [0.25, 0.3) is 40.5 Å². The number of aryl methyl sites for hydroxylation is 15. The van der Waals surface area contributed by atoms with Crippen molar-refractivity contribution >= 4 is 78.2 Å². The molecule has 0 saturated carbocycles. The van der Waals surface area contributed by atoms with Gasteiger partial charge in [0.05, 0.1) is 69.0 Å². The molecule has 468 valence electrons. The average Bonchev–Trinajstić information content (AvgIpc) is 4.21. The molecule has 0 fully saturated rings. The minimum absolute atomic E-state index is 0.602. The molecule has 0 bridgehead atoms. The quantitative estimate of drug-likeness (QED) is 0.140. The van der Waals surface area contributed by atoms with Crippen LogP contribution in [0.4, 0.5) is 0 Å². The molecule has 0 spiro atoms. The van der Waals surface area contributed by atoms with E-state index in [9.17, 15) is 0 Å². The van der Waals surface area contributed by atoms with E-state index in [1.54, 1.807) is 31.3 Å². The fourth-order valence-electron chi connectivity index (χ4n) is 7.71. The summed E-state index contributed by atoms with van der Waals surface area (Å²) in [7, 11) is 0. The topological polar surface area (TPSA) is 184 Å². The van der Waals surface area contributed by atoms with E-state index in [1.165, 1.54) is 22.3 Å². The van der Waals surface area contributed by atoms with Crippen LogP contribution in [0.3, 0.4) is 0 Å². The lowest BCUT2D eigenvalue weighted by molar-refractivity contribution is 0.447. The summed E-state index contributed by atoms with van der Waals surface area (Å²) in [6.07, 6.45) is 8.27. The molecule has 0 aliphatic rings. The zero-order valence-electron chi connectivity index (χ0n) is 56.7. The van der Waals surface area contributed by atoms with Crippen molar-refractivity contribution in [2.24, 2.45) is 0 Å². The van der Waals surface area contributed by atoms with Crippen LogP contribution in [0.15, 0.2) is 142 Å². The first-order valence-electron chi connectivity index (χ1n) is 30.0. The maximum absolute atomic E-state index is 5.35. The summed E-state index contributed by atoms with van der Waals surface area (Å²) in [5, 5.41) is 7.55. The molecule has 14 rings (SSSR count). The Balaban J connectivity index is 0.000000479. The summed E-state index contributed by atoms with van der Waals surface area (Å²) in [5.74, 6) is 12.7. The fraction of sp³-hybridized carbons (Fsp3) is 0.408. The first-order chi connectivity index (χ1) is 40.8. The summed E-state index contributed by atoms with van der Waals surface area (Å²) in [6, 6.07) is 15.5. The molecule has 0 saturated heterocycles. The van der Waals surface area contributed by atoms with E-state index in [-0.39, 0.29) is 0 Å². The Hall–Kier alpha value is -8.26. The number of hydrogen-bond acceptors (Lipinski definition) is 14. The van der Waals surface area contributed by atoms with Gasteiger partial charge in [0.1, 0.15) is 51.8 Å². The van der Waals surface area contributed by atoms with Crippen LogP contribution in [-0.2, 0) is 0 Å². The molecule has 0 unspecified atom stereocenters. The summed E-state index contributed by atoms with van der Waals surface area (Å²) in [6.45, 7) is 57.5. The average molecular weight is 1180 g/mol. The van der Waals surface area contributed by atoms with Crippen LogP contribution in [0.25, 0.3) is 78.2 Å². The highest BCUT2D eigenvalue weighted by Crippen LogP contribution is 2.31. The zero-order chi connectivity index (χ0) is 64.8. The molecule has 14 heterocycles. The summed E-state index contributed by atoms with van der Waals surface area (Å²) >= 11 is 0. The highest BCUT2D eigenvalue weighted by Gasteiger charge is 2.14. The number of fused-ring (bicyclic) bond motifs is 7. The van der Waals surface area contributed by atoms with E-state index in [0.717, 1.165) is 101 Å². The van der Waals surface area contributed by atoms with Crippen molar-refractivity contribution in [3.63, 3.8) is 0 Å². The lowest BCUT2D eigenvalue weighted by Gasteiger charge is -1.85. The standard InChI is InChI=1S/3C9H10O2.3C8H8O2.C6H4O2.7C2H6/c1-5-4-10-9-8(5)6(2)7(3)11-9;2*1-5-4-8-6(2)7(3)11-9(8)10-5;1-5-4-9-8-7(5)3-6(2)10-8;1-5-3-7-4-6(2)10-8(7)9-5;1-5-6(2)10-8-7(5)3-4-9-8;1-3-7-6-5(1)2-4-8-6;7*1-2/h3*4H,1-3H3;3*3-4H,1-2H3;1-4H;7*1-2H3. The van der Waals surface area contributed by atoms with Crippen LogP contribution >= 0.6 is 0 Å². The van der Waals surface area contributed by atoms with Gasteiger partial charge in [-0.1, -0.05) is 96.9 Å². The van der Waals surface area contributed by atoms with Gasteiger partial charge in [-0.15, -0.1) is 0 Å². The molecular formula is C71H100O14. The third-order valence-corrected chi connectivity index (χ3v) is 12.0. The lowest BCUT2D eigenvalue weighted by Crippen LogP contribution is -1.71. The fourth-order valence-corrected chi connectivity index (χ4v) is 7.71. The van der Waals surface area contributed by atoms with Gasteiger partial charge in [-0.05, 0) is 164 Å². The van der Waals surface area contributed by atoms with Crippen molar-refractivity contribution in [2.75, 3.05) is 0 Å². The molecule has 14 nitrogen and oxygen atoms in total. The van der Waals surface area contributed by atoms with Crippen molar-refractivity contribution in [1.29, 1.82) is 0 Å². The molecular weight excluding hydrogens is 1080 g/mol. The Labute approximate surface area is 503 Å². The van der Waals surface area contributed by atoms with Gasteiger partial charge in [-0.3, -0.25) is 0 Å². The largest absolute Gasteiger partial charge is 0.434 e. The predicted molar refractivity (Wildman–Crippen MR) is 350 cm³/mol. The van der Waals surface area contributed by atoms with Crippen molar-refractivity contribution in [3.8, 4) is 0 Å².